The summed E-state index contributed by atoms with van der Waals surface area (Å²) in [7, 11) is 0. The number of pyridine rings is 1. The summed E-state index contributed by atoms with van der Waals surface area (Å²) in [5.74, 6) is -1.26. The Kier molecular flexibility index (Phi) is 5.88. The van der Waals surface area contributed by atoms with E-state index >= 15 is 0 Å². The fraction of sp³-hybridized carbons (Fsp3) is 0.360. The van der Waals surface area contributed by atoms with Crippen LogP contribution in [0.15, 0.2) is 71.0 Å². The maximum absolute atomic E-state index is 13.4. The fourth-order valence-corrected chi connectivity index (χ4v) is 4.50. The molecule has 1 aliphatic carbocycles. The third-order valence-corrected chi connectivity index (χ3v) is 5.87. The molecule has 2 heterocycles. The lowest BCUT2D eigenvalue weighted by Gasteiger charge is -2.36. The molecule has 1 aliphatic heterocycles. The highest BCUT2D eigenvalue weighted by molar-refractivity contribution is 6.09. The number of hydrogen-bond acceptors (Lipinski definition) is 5. The first kappa shape index (κ1) is 20.2. The normalized spacial score (nSPS) is 23.6. The molecule has 1 aromatic heterocycles. The number of carbonyl (C=O) groups is 2. The van der Waals surface area contributed by atoms with Crippen LogP contribution in [-0.4, -0.2) is 29.1 Å². The van der Waals surface area contributed by atoms with Gasteiger partial charge in [0.15, 0.2) is 5.78 Å². The van der Waals surface area contributed by atoms with Crippen molar-refractivity contribution in [3.8, 4) is 0 Å². The molecule has 0 amide bonds. The van der Waals surface area contributed by atoms with Crippen LogP contribution in [0.2, 0.25) is 0 Å². The van der Waals surface area contributed by atoms with E-state index in [0.717, 1.165) is 17.7 Å². The summed E-state index contributed by atoms with van der Waals surface area (Å²) in [6.07, 6.45) is 3.54. The quantitative estimate of drug-likeness (QED) is 0.685. The molecule has 1 aromatic carbocycles. The number of aliphatic imine (C=N–C) groups is 1. The zero-order valence-electron chi connectivity index (χ0n) is 17.4. The molecule has 5 heteroatoms. The summed E-state index contributed by atoms with van der Waals surface area (Å²) in [6.45, 7) is 4.17. The predicted molar refractivity (Wildman–Crippen MR) is 115 cm³/mol. The van der Waals surface area contributed by atoms with Crippen molar-refractivity contribution in [2.45, 2.75) is 44.9 Å². The lowest BCUT2D eigenvalue weighted by atomic mass is 9.70. The first-order chi connectivity index (χ1) is 14.6. The maximum Gasteiger partial charge on any atom is 0.315 e. The van der Waals surface area contributed by atoms with Crippen LogP contribution in [0, 0.1) is 5.92 Å². The Hall–Kier alpha value is -3.08. The third-order valence-electron chi connectivity index (χ3n) is 5.87. The zero-order chi connectivity index (χ0) is 21.1. The van der Waals surface area contributed by atoms with E-state index in [-0.39, 0.29) is 17.7 Å². The zero-order valence-corrected chi connectivity index (χ0v) is 17.4. The van der Waals surface area contributed by atoms with Gasteiger partial charge in [-0.25, -0.2) is 0 Å². The molecule has 0 radical (unpaired) electrons. The number of ether oxygens (including phenoxy) is 1. The van der Waals surface area contributed by atoms with Crippen LogP contribution in [-0.2, 0) is 14.3 Å². The van der Waals surface area contributed by atoms with E-state index in [1.807, 2.05) is 50.2 Å². The Labute approximate surface area is 176 Å². The van der Waals surface area contributed by atoms with Crippen LogP contribution in [0.3, 0.4) is 0 Å². The van der Waals surface area contributed by atoms with E-state index in [9.17, 15) is 9.59 Å². The molecule has 4 rings (SSSR count). The maximum atomic E-state index is 13.4. The van der Waals surface area contributed by atoms with Gasteiger partial charge in [-0.2, -0.15) is 0 Å². The van der Waals surface area contributed by atoms with Gasteiger partial charge in [0.1, 0.15) is 5.92 Å². The Morgan fingerprint density at radius 2 is 1.87 bits per heavy atom. The van der Waals surface area contributed by atoms with Crippen LogP contribution in [0.25, 0.3) is 0 Å². The van der Waals surface area contributed by atoms with Crippen LogP contribution < -0.4 is 0 Å². The predicted octanol–water partition coefficient (Wildman–Crippen LogP) is 4.61. The van der Waals surface area contributed by atoms with Gasteiger partial charge in [0, 0.05) is 35.3 Å². The van der Waals surface area contributed by atoms with Crippen molar-refractivity contribution in [3.05, 3.63) is 77.3 Å². The molecule has 154 valence electrons. The van der Waals surface area contributed by atoms with Crippen LogP contribution in [0.5, 0.6) is 0 Å². The molecule has 3 atom stereocenters. The van der Waals surface area contributed by atoms with Gasteiger partial charge in [0.25, 0.3) is 0 Å². The van der Waals surface area contributed by atoms with Crippen molar-refractivity contribution in [2.24, 2.45) is 10.9 Å². The summed E-state index contributed by atoms with van der Waals surface area (Å²) < 4.78 is 5.48. The number of rotatable bonds is 5. The number of benzene rings is 1. The van der Waals surface area contributed by atoms with Gasteiger partial charge in [0.2, 0.25) is 0 Å². The Balaban J connectivity index is 1.76. The Bertz CT molecular complexity index is 996. The number of allylic oxidation sites excluding steroid dienone is 2. The third kappa shape index (κ3) is 3.84. The van der Waals surface area contributed by atoms with Crippen molar-refractivity contribution in [1.82, 2.24) is 4.98 Å². The molecule has 0 N–H and O–H groups in total. The Morgan fingerprint density at radius 3 is 2.57 bits per heavy atom. The SMILES string of the molecule is CCCOC(=O)C1C(C)=NC2=C(C(=O)C[C@@H](c3ccccc3)C2)[C@@H]1c1ccccn1. The lowest BCUT2D eigenvalue weighted by molar-refractivity contribution is -0.146. The molecule has 0 bridgehead atoms. The number of aromatic nitrogens is 1. The summed E-state index contributed by atoms with van der Waals surface area (Å²) in [4.78, 5) is 35.6. The van der Waals surface area contributed by atoms with Crippen molar-refractivity contribution in [1.29, 1.82) is 0 Å². The largest absolute Gasteiger partial charge is 0.465 e. The van der Waals surface area contributed by atoms with Gasteiger partial charge in [-0.15, -0.1) is 0 Å². The second kappa shape index (κ2) is 8.74. The highest BCUT2D eigenvalue weighted by atomic mass is 16.5. The van der Waals surface area contributed by atoms with Crippen molar-refractivity contribution >= 4 is 17.5 Å². The van der Waals surface area contributed by atoms with E-state index in [1.165, 1.54) is 0 Å². The van der Waals surface area contributed by atoms with E-state index < -0.39 is 11.8 Å². The summed E-state index contributed by atoms with van der Waals surface area (Å²) in [6, 6.07) is 15.7. The standard InChI is InChI=1S/C25H26N2O3/c1-3-13-30-25(29)22-16(2)27-20-14-18(17-9-5-4-6-10-17)15-21(28)23(20)24(22)19-11-7-8-12-26-19/h4-12,18,22,24H,3,13-15H2,1-2H3/t18-,22?,24+/m0/s1. The number of carbonyl (C=O) groups excluding carboxylic acids is 2. The average molecular weight is 402 g/mol. The average Bonchev–Trinajstić information content (AvgIpc) is 2.77. The second-order valence-electron chi connectivity index (χ2n) is 7.93. The Morgan fingerprint density at radius 1 is 1.10 bits per heavy atom. The summed E-state index contributed by atoms with van der Waals surface area (Å²) >= 11 is 0. The molecule has 1 unspecified atom stereocenters. The van der Waals surface area contributed by atoms with Crippen LogP contribution in [0.1, 0.15) is 56.2 Å². The number of ketones is 1. The number of esters is 1. The van der Waals surface area contributed by atoms with Crippen molar-refractivity contribution < 1.29 is 14.3 Å². The van der Waals surface area contributed by atoms with E-state index in [0.29, 0.717) is 36.4 Å². The fourth-order valence-electron chi connectivity index (χ4n) is 4.50. The van der Waals surface area contributed by atoms with Gasteiger partial charge in [-0.3, -0.25) is 19.6 Å². The van der Waals surface area contributed by atoms with Gasteiger partial charge >= 0.3 is 5.97 Å². The topological polar surface area (TPSA) is 68.6 Å². The molecule has 30 heavy (non-hydrogen) atoms. The molecule has 0 saturated carbocycles. The summed E-state index contributed by atoms with van der Waals surface area (Å²) in [5, 5.41) is 0. The number of hydrogen-bond donors (Lipinski definition) is 0. The minimum Gasteiger partial charge on any atom is -0.465 e. The molecule has 0 fully saturated rings. The molecule has 2 aromatic rings. The summed E-state index contributed by atoms with van der Waals surface area (Å²) in [5.41, 5.74) is 3.96. The molecule has 5 nitrogen and oxygen atoms in total. The van der Waals surface area contributed by atoms with Gasteiger partial charge in [-0.1, -0.05) is 43.3 Å². The first-order valence-electron chi connectivity index (χ1n) is 10.5. The van der Waals surface area contributed by atoms with E-state index in [2.05, 4.69) is 17.1 Å². The van der Waals surface area contributed by atoms with Crippen molar-refractivity contribution in [2.75, 3.05) is 6.61 Å². The molecule has 0 saturated heterocycles. The van der Waals surface area contributed by atoms with E-state index in [1.54, 1.807) is 6.20 Å². The van der Waals surface area contributed by atoms with Crippen molar-refractivity contribution in [3.63, 3.8) is 0 Å². The highest BCUT2D eigenvalue weighted by Gasteiger charge is 2.45. The first-order valence-corrected chi connectivity index (χ1v) is 10.5. The molecule has 2 aliphatic rings. The highest BCUT2D eigenvalue weighted by Crippen LogP contribution is 2.46. The second-order valence-corrected chi connectivity index (χ2v) is 7.93. The number of nitrogens with zero attached hydrogens (tertiary/aromatic N) is 2. The monoisotopic (exact) mass is 402 g/mol. The van der Waals surface area contributed by atoms with Crippen LogP contribution in [0.4, 0.5) is 0 Å². The lowest BCUT2D eigenvalue weighted by Crippen LogP contribution is -2.38. The molecular formula is C25H26N2O3. The van der Waals surface area contributed by atoms with E-state index in [4.69, 9.17) is 9.73 Å². The van der Waals surface area contributed by atoms with Gasteiger partial charge < -0.3 is 4.74 Å². The molecular weight excluding hydrogens is 376 g/mol. The number of Topliss-reactive ketones (excluding diaryl/α,β-unsaturated/α-hetero) is 1. The van der Waals surface area contributed by atoms with Gasteiger partial charge in [0.05, 0.1) is 12.5 Å². The minimum absolute atomic E-state index is 0.0466. The molecule has 0 spiro atoms. The van der Waals surface area contributed by atoms with Gasteiger partial charge in [-0.05, 0) is 43.4 Å². The minimum atomic E-state index is -0.623. The smallest absolute Gasteiger partial charge is 0.315 e. The van der Waals surface area contributed by atoms with Crippen LogP contribution >= 0.6 is 0 Å².